The second-order valence-corrected chi connectivity index (χ2v) is 5.94. The number of aromatic nitrogens is 4. The molecule has 1 aliphatic heterocycles. The molecule has 0 spiro atoms. The Morgan fingerprint density at radius 3 is 3.04 bits per heavy atom. The van der Waals surface area contributed by atoms with Crippen molar-refractivity contribution in [3.8, 4) is 0 Å². The number of nitrogen functional groups attached to an aromatic ring is 1. The van der Waals surface area contributed by atoms with Crippen molar-refractivity contribution in [1.29, 1.82) is 0 Å². The molecule has 1 saturated heterocycles. The Morgan fingerprint density at radius 1 is 1.42 bits per heavy atom. The zero-order valence-corrected chi connectivity index (χ0v) is 13.6. The van der Waals surface area contributed by atoms with Crippen molar-refractivity contribution >= 4 is 17.0 Å². The maximum Gasteiger partial charge on any atom is 0.167 e. The smallest absolute Gasteiger partial charge is 0.167 e. The van der Waals surface area contributed by atoms with Gasteiger partial charge in [0.05, 0.1) is 18.5 Å². The summed E-state index contributed by atoms with van der Waals surface area (Å²) in [5.41, 5.74) is 12.4. The normalized spacial score (nSPS) is 24.6. The van der Waals surface area contributed by atoms with Crippen LogP contribution in [0.25, 0.3) is 11.2 Å². The van der Waals surface area contributed by atoms with Crippen LogP contribution in [0.3, 0.4) is 0 Å². The number of aliphatic hydroxyl groups is 1. The predicted molar refractivity (Wildman–Crippen MR) is 90.0 cm³/mol. The lowest BCUT2D eigenvalue weighted by atomic mass is 10.1. The maximum absolute atomic E-state index is 10.3. The molecule has 9 nitrogen and oxygen atoms in total. The van der Waals surface area contributed by atoms with E-state index in [4.69, 9.17) is 16.2 Å². The average Bonchev–Trinajstić information content (AvgIpc) is 3.13. The van der Waals surface area contributed by atoms with Gasteiger partial charge in [-0.2, -0.15) is 0 Å². The van der Waals surface area contributed by atoms with Crippen molar-refractivity contribution in [1.82, 2.24) is 24.4 Å². The summed E-state index contributed by atoms with van der Waals surface area (Å²) in [5.74, 6) is 0.334. The van der Waals surface area contributed by atoms with Crippen molar-refractivity contribution in [2.24, 2.45) is 5.73 Å². The van der Waals surface area contributed by atoms with Crippen molar-refractivity contribution < 1.29 is 9.84 Å². The first-order valence-electron chi connectivity index (χ1n) is 7.90. The number of hydrogen-bond donors (Lipinski definition) is 3. The highest BCUT2D eigenvalue weighted by molar-refractivity contribution is 5.81. The van der Waals surface area contributed by atoms with Crippen LogP contribution in [-0.4, -0.2) is 68.4 Å². The van der Waals surface area contributed by atoms with E-state index in [-0.39, 0.29) is 12.3 Å². The molecule has 130 valence electrons. The third kappa shape index (κ3) is 3.39. The number of anilines is 1. The number of fused-ring (bicyclic) bond motifs is 1. The number of imidazole rings is 1. The molecule has 0 aliphatic carbocycles. The van der Waals surface area contributed by atoms with Gasteiger partial charge >= 0.3 is 0 Å². The Balaban J connectivity index is 1.69. The van der Waals surface area contributed by atoms with Crippen molar-refractivity contribution in [3.05, 3.63) is 24.8 Å². The fourth-order valence-corrected chi connectivity index (χ4v) is 2.86. The minimum atomic E-state index is -0.549. The summed E-state index contributed by atoms with van der Waals surface area (Å²) < 4.78 is 7.82. The zero-order valence-electron chi connectivity index (χ0n) is 13.6. The van der Waals surface area contributed by atoms with Gasteiger partial charge in [-0.15, -0.1) is 0 Å². The highest BCUT2D eigenvalue weighted by Crippen LogP contribution is 2.31. The van der Waals surface area contributed by atoms with E-state index < -0.39 is 6.10 Å². The Kier molecular flexibility index (Phi) is 5.05. The van der Waals surface area contributed by atoms with Gasteiger partial charge in [0.2, 0.25) is 0 Å². The molecule has 24 heavy (non-hydrogen) atoms. The highest BCUT2D eigenvalue weighted by Gasteiger charge is 2.36. The van der Waals surface area contributed by atoms with Crippen molar-refractivity contribution in [2.75, 3.05) is 32.4 Å². The molecule has 0 bridgehead atoms. The zero-order chi connectivity index (χ0) is 17.1. The molecule has 0 aromatic carbocycles. The third-order valence-electron chi connectivity index (χ3n) is 4.11. The van der Waals surface area contributed by atoms with Gasteiger partial charge in [-0.25, -0.2) is 15.0 Å². The lowest BCUT2D eigenvalue weighted by Crippen LogP contribution is -2.35. The van der Waals surface area contributed by atoms with Crippen LogP contribution < -0.4 is 11.5 Å². The summed E-state index contributed by atoms with van der Waals surface area (Å²) in [7, 11) is 1.98. The summed E-state index contributed by atoms with van der Waals surface area (Å²) in [4.78, 5) is 14.5. The summed E-state index contributed by atoms with van der Waals surface area (Å²) in [6, 6.07) is 0. The lowest BCUT2D eigenvalue weighted by Gasteiger charge is -2.21. The topological polar surface area (TPSA) is 128 Å². The number of rotatable bonds is 6. The average molecular weight is 333 g/mol. The molecule has 0 amide bonds. The molecule has 3 atom stereocenters. The first kappa shape index (κ1) is 16.8. The molecule has 2 aromatic heterocycles. The van der Waals surface area contributed by atoms with E-state index in [2.05, 4.69) is 19.9 Å². The summed E-state index contributed by atoms with van der Waals surface area (Å²) in [5, 5.41) is 10.3. The van der Waals surface area contributed by atoms with Crippen LogP contribution in [0.5, 0.6) is 0 Å². The number of ether oxygens (including phenoxy) is 1. The van der Waals surface area contributed by atoms with Crippen molar-refractivity contribution in [3.63, 3.8) is 0 Å². The predicted octanol–water partition coefficient (Wildman–Crippen LogP) is -0.496. The number of likely N-dealkylation sites (N-methyl/N-ethyl adjacent to an activating group) is 1. The fourth-order valence-electron chi connectivity index (χ4n) is 2.86. The van der Waals surface area contributed by atoms with Gasteiger partial charge in [-0.1, -0.05) is 12.2 Å². The molecule has 2 aromatic rings. The Morgan fingerprint density at radius 2 is 2.25 bits per heavy atom. The van der Waals surface area contributed by atoms with E-state index in [1.807, 2.05) is 19.2 Å². The molecular weight excluding hydrogens is 310 g/mol. The second-order valence-electron chi connectivity index (χ2n) is 5.94. The Labute approximate surface area is 139 Å². The number of nitrogens with two attached hydrogens (primary N) is 2. The van der Waals surface area contributed by atoms with Gasteiger partial charge < -0.3 is 26.2 Å². The largest absolute Gasteiger partial charge is 0.390 e. The summed E-state index contributed by atoms with van der Waals surface area (Å²) >= 11 is 0. The summed E-state index contributed by atoms with van der Waals surface area (Å²) in [6.07, 6.45) is 6.27. The molecule has 1 aliphatic rings. The van der Waals surface area contributed by atoms with Gasteiger partial charge in [-0.3, -0.25) is 4.57 Å². The lowest BCUT2D eigenvalue weighted by molar-refractivity contribution is -0.0290. The monoisotopic (exact) mass is 333 g/mol. The van der Waals surface area contributed by atoms with E-state index in [1.54, 1.807) is 10.9 Å². The Bertz CT molecular complexity index is 717. The van der Waals surface area contributed by atoms with E-state index in [1.165, 1.54) is 6.33 Å². The fraction of sp³-hybridized carbons (Fsp3) is 0.533. The van der Waals surface area contributed by atoms with Gasteiger partial charge in [0.1, 0.15) is 18.1 Å². The molecule has 9 heteroatoms. The minimum Gasteiger partial charge on any atom is -0.390 e. The van der Waals surface area contributed by atoms with Crippen LogP contribution in [0.4, 0.5) is 5.82 Å². The van der Waals surface area contributed by atoms with Crippen LogP contribution in [0.15, 0.2) is 24.8 Å². The molecule has 1 fully saturated rings. The van der Waals surface area contributed by atoms with E-state index in [0.717, 1.165) is 6.54 Å². The molecular formula is C15H23N7O2. The van der Waals surface area contributed by atoms with E-state index >= 15 is 0 Å². The first-order valence-corrected chi connectivity index (χ1v) is 7.90. The van der Waals surface area contributed by atoms with Crippen LogP contribution in [-0.2, 0) is 4.74 Å². The Hall–Kier alpha value is -2.07. The maximum atomic E-state index is 10.3. The SMILES string of the molecule is CN(C/C=C\CN)C[C@H]1O[C@@H](n2cnc3c(N)ncnc32)C[C@@H]1O. The first-order chi connectivity index (χ1) is 11.6. The minimum absolute atomic E-state index is 0.275. The van der Waals surface area contributed by atoms with Crippen LogP contribution in [0.1, 0.15) is 12.6 Å². The van der Waals surface area contributed by atoms with Gasteiger partial charge in [0.15, 0.2) is 11.5 Å². The summed E-state index contributed by atoms with van der Waals surface area (Å²) in [6.45, 7) is 1.90. The van der Waals surface area contributed by atoms with Crippen LogP contribution in [0.2, 0.25) is 0 Å². The van der Waals surface area contributed by atoms with Gasteiger partial charge in [0, 0.05) is 26.1 Å². The van der Waals surface area contributed by atoms with Crippen molar-refractivity contribution in [2.45, 2.75) is 24.9 Å². The van der Waals surface area contributed by atoms with E-state index in [0.29, 0.717) is 36.5 Å². The quantitative estimate of drug-likeness (QED) is 0.604. The van der Waals surface area contributed by atoms with E-state index in [9.17, 15) is 5.11 Å². The molecule has 3 heterocycles. The second kappa shape index (κ2) is 7.22. The van der Waals surface area contributed by atoms with Gasteiger partial charge in [0.25, 0.3) is 0 Å². The molecule has 0 unspecified atom stereocenters. The molecule has 0 radical (unpaired) electrons. The number of hydrogen-bond acceptors (Lipinski definition) is 8. The third-order valence-corrected chi connectivity index (χ3v) is 4.11. The molecule has 0 saturated carbocycles. The molecule has 3 rings (SSSR count). The number of aliphatic hydroxyl groups excluding tert-OH is 1. The molecule has 5 N–H and O–H groups in total. The standard InChI is InChI=1S/C15H23N7O2/c1-21(5-3-2-4-16)7-11-10(23)6-12(24-11)22-9-20-13-14(17)18-8-19-15(13)22/h2-3,8-12,23H,4-7,16H2,1H3,(H2,17,18,19)/b3-2-/t10-,11+,12+/m0/s1. The number of nitrogens with zero attached hydrogens (tertiary/aromatic N) is 5. The highest BCUT2D eigenvalue weighted by atomic mass is 16.5. The van der Waals surface area contributed by atoms with Crippen LogP contribution >= 0.6 is 0 Å². The van der Waals surface area contributed by atoms with Gasteiger partial charge in [-0.05, 0) is 7.05 Å². The van der Waals surface area contributed by atoms with Crippen LogP contribution in [0, 0.1) is 0 Å².